The summed E-state index contributed by atoms with van der Waals surface area (Å²) in [5.41, 5.74) is 0. The summed E-state index contributed by atoms with van der Waals surface area (Å²) in [6.07, 6.45) is -0.940. The first-order chi connectivity index (χ1) is 6.74. The first-order valence-corrected chi connectivity index (χ1v) is 4.56. The Balaban J connectivity index is 2.29. The van der Waals surface area contributed by atoms with Gasteiger partial charge in [-0.1, -0.05) is 0 Å². The molecule has 1 aliphatic heterocycles. The predicted octanol–water partition coefficient (Wildman–Crippen LogP) is -0.752. The SMILES string of the molecule is CCOC(=O)OC(=O)C1CNCCN1. The molecular weight excluding hydrogens is 188 g/mol. The van der Waals surface area contributed by atoms with Gasteiger partial charge in [0, 0.05) is 19.6 Å². The van der Waals surface area contributed by atoms with Gasteiger partial charge in [0.1, 0.15) is 6.04 Å². The van der Waals surface area contributed by atoms with Crippen LogP contribution in [0.2, 0.25) is 0 Å². The number of esters is 1. The molecule has 0 aromatic rings. The van der Waals surface area contributed by atoms with Gasteiger partial charge in [0.25, 0.3) is 0 Å². The second-order valence-electron chi connectivity index (χ2n) is 2.81. The van der Waals surface area contributed by atoms with Crippen LogP contribution in [0.15, 0.2) is 0 Å². The fourth-order valence-electron chi connectivity index (χ4n) is 1.12. The van der Waals surface area contributed by atoms with Crippen molar-refractivity contribution in [3.8, 4) is 0 Å². The minimum atomic E-state index is -0.940. The third kappa shape index (κ3) is 3.31. The lowest BCUT2D eigenvalue weighted by Gasteiger charge is -2.21. The number of carbonyl (C=O) groups is 2. The minimum absolute atomic E-state index is 0.197. The van der Waals surface area contributed by atoms with Crippen molar-refractivity contribution < 1.29 is 19.1 Å². The molecule has 0 aliphatic carbocycles. The maximum Gasteiger partial charge on any atom is 0.516 e. The van der Waals surface area contributed by atoms with Crippen molar-refractivity contribution in [1.29, 1.82) is 0 Å². The Hall–Kier alpha value is -1.14. The van der Waals surface area contributed by atoms with Crippen LogP contribution in [0.1, 0.15) is 6.92 Å². The monoisotopic (exact) mass is 202 g/mol. The Labute approximate surface area is 81.9 Å². The predicted molar refractivity (Wildman–Crippen MR) is 47.8 cm³/mol. The Bertz CT molecular complexity index is 213. The lowest BCUT2D eigenvalue weighted by atomic mass is 10.2. The molecule has 2 N–H and O–H groups in total. The highest BCUT2D eigenvalue weighted by molar-refractivity contribution is 5.85. The first kappa shape index (κ1) is 10.9. The number of piperazine rings is 1. The average Bonchev–Trinajstić information content (AvgIpc) is 2.19. The van der Waals surface area contributed by atoms with E-state index in [0.29, 0.717) is 13.1 Å². The maximum absolute atomic E-state index is 11.3. The summed E-state index contributed by atoms with van der Waals surface area (Å²) in [6, 6.07) is -0.465. The van der Waals surface area contributed by atoms with Crippen molar-refractivity contribution in [2.75, 3.05) is 26.2 Å². The Morgan fingerprint density at radius 3 is 2.79 bits per heavy atom. The Morgan fingerprint density at radius 1 is 1.43 bits per heavy atom. The molecule has 1 saturated heterocycles. The molecule has 6 nitrogen and oxygen atoms in total. The molecule has 6 heteroatoms. The minimum Gasteiger partial charge on any atom is -0.434 e. The van der Waals surface area contributed by atoms with E-state index in [1.54, 1.807) is 6.92 Å². The Kier molecular flexibility index (Phi) is 4.34. The summed E-state index contributed by atoms with van der Waals surface area (Å²) in [5, 5.41) is 5.93. The standard InChI is InChI=1S/C8H14N2O4/c1-2-13-8(12)14-7(11)6-5-9-3-4-10-6/h6,9-10H,2-5H2,1H3. The molecular formula is C8H14N2O4. The molecule has 0 spiro atoms. The lowest BCUT2D eigenvalue weighted by molar-refractivity contribution is -0.142. The molecule has 1 rings (SSSR count). The Morgan fingerprint density at radius 2 is 2.21 bits per heavy atom. The lowest BCUT2D eigenvalue weighted by Crippen LogP contribution is -2.53. The number of carbonyl (C=O) groups excluding carboxylic acids is 2. The molecule has 14 heavy (non-hydrogen) atoms. The highest BCUT2D eigenvalue weighted by Crippen LogP contribution is 1.94. The molecule has 0 aromatic carbocycles. The largest absolute Gasteiger partial charge is 0.516 e. The van der Waals surface area contributed by atoms with Crippen molar-refractivity contribution in [2.45, 2.75) is 13.0 Å². The zero-order valence-electron chi connectivity index (χ0n) is 8.04. The van der Waals surface area contributed by atoms with Crippen molar-refractivity contribution in [2.24, 2.45) is 0 Å². The average molecular weight is 202 g/mol. The van der Waals surface area contributed by atoms with Crippen LogP contribution in [0.25, 0.3) is 0 Å². The van der Waals surface area contributed by atoms with E-state index in [9.17, 15) is 9.59 Å². The number of hydrogen-bond donors (Lipinski definition) is 2. The summed E-state index contributed by atoms with van der Waals surface area (Å²) in [5.74, 6) is -0.601. The summed E-state index contributed by atoms with van der Waals surface area (Å²) in [6.45, 7) is 3.80. The normalized spacial score (nSPS) is 21.4. The van der Waals surface area contributed by atoms with E-state index in [0.717, 1.165) is 6.54 Å². The van der Waals surface area contributed by atoms with Gasteiger partial charge in [0.15, 0.2) is 0 Å². The molecule has 0 radical (unpaired) electrons. The summed E-state index contributed by atoms with van der Waals surface area (Å²) in [7, 11) is 0. The number of rotatable bonds is 2. The molecule has 1 unspecified atom stereocenters. The van der Waals surface area contributed by atoms with Crippen LogP contribution in [0.4, 0.5) is 4.79 Å². The fraction of sp³-hybridized carbons (Fsp3) is 0.750. The van der Waals surface area contributed by atoms with E-state index >= 15 is 0 Å². The van der Waals surface area contributed by atoms with Gasteiger partial charge in [-0.05, 0) is 6.92 Å². The second kappa shape index (κ2) is 5.56. The zero-order valence-corrected chi connectivity index (χ0v) is 8.04. The smallest absolute Gasteiger partial charge is 0.434 e. The van der Waals surface area contributed by atoms with Gasteiger partial charge in [-0.3, -0.25) is 0 Å². The summed E-state index contributed by atoms with van der Waals surface area (Å²) >= 11 is 0. The van der Waals surface area contributed by atoms with Crippen molar-refractivity contribution in [3.63, 3.8) is 0 Å². The molecule has 1 atom stereocenters. The van der Waals surface area contributed by atoms with Crippen LogP contribution in [0, 0.1) is 0 Å². The highest BCUT2D eigenvalue weighted by atomic mass is 16.7. The number of hydrogen-bond acceptors (Lipinski definition) is 6. The van der Waals surface area contributed by atoms with E-state index < -0.39 is 18.2 Å². The topological polar surface area (TPSA) is 76.7 Å². The van der Waals surface area contributed by atoms with Gasteiger partial charge in [-0.25, -0.2) is 9.59 Å². The maximum atomic E-state index is 11.3. The van der Waals surface area contributed by atoms with Gasteiger partial charge < -0.3 is 20.1 Å². The molecule has 0 aromatic heterocycles. The van der Waals surface area contributed by atoms with E-state index in [1.165, 1.54) is 0 Å². The highest BCUT2D eigenvalue weighted by Gasteiger charge is 2.24. The van der Waals surface area contributed by atoms with Crippen molar-refractivity contribution in [1.82, 2.24) is 10.6 Å². The third-order valence-corrected chi connectivity index (χ3v) is 1.77. The van der Waals surface area contributed by atoms with Gasteiger partial charge in [-0.2, -0.15) is 0 Å². The third-order valence-electron chi connectivity index (χ3n) is 1.77. The quantitative estimate of drug-likeness (QED) is 0.453. The van der Waals surface area contributed by atoms with Crippen LogP contribution in [0.3, 0.4) is 0 Å². The number of nitrogens with one attached hydrogen (secondary N) is 2. The molecule has 0 saturated carbocycles. The second-order valence-corrected chi connectivity index (χ2v) is 2.81. The molecule has 1 heterocycles. The van der Waals surface area contributed by atoms with E-state index in [-0.39, 0.29) is 6.61 Å². The van der Waals surface area contributed by atoms with Crippen LogP contribution < -0.4 is 10.6 Å². The number of ether oxygens (including phenoxy) is 2. The van der Waals surface area contributed by atoms with Crippen molar-refractivity contribution in [3.05, 3.63) is 0 Å². The van der Waals surface area contributed by atoms with Crippen LogP contribution in [-0.2, 0) is 14.3 Å². The zero-order chi connectivity index (χ0) is 10.4. The van der Waals surface area contributed by atoms with Crippen LogP contribution >= 0.6 is 0 Å². The molecule has 0 bridgehead atoms. The molecule has 80 valence electrons. The first-order valence-electron chi connectivity index (χ1n) is 4.56. The van der Waals surface area contributed by atoms with Crippen LogP contribution in [0.5, 0.6) is 0 Å². The van der Waals surface area contributed by atoms with Gasteiger partial charge in [0.2, 0.25) is 0 Å². The van der Waals surface area contributed by atoms with Gasteiger partial charge >= 0.3 is 12.1 Å². The summed E-state index contributed by atoms with van der Waals surface area (Å²) < 4.78 is 8.90. The molecule has 1 aliphatic rings. The van der Waals surface area contributed by atoms with Crippen LogP contribution in [-0.4, -0.2) is 44.4 Å². The van der Waals surface area contributed by atoms with E-state index in [1.807, 2.05) is 0 Å². The summed E-state index contributed by atoms with van der Waals surface area (Å²) in [4.78, 5) is 22.0. The van der Waals surface area contributed by atoms with E-state index in [4.69, 9.17) is 0 Å². The fourth-order valence-corrected chi connectivity index (χ4v) is 1.12. The van der Waals surface area contributed by atoms with E-state index in [2.05, 4.69) is 20.1 Å². The van der Waals surface area contributed by atoms with Gasteiger partial charge in [0.05, 0.1) is 6.61 Å². The molecule has 0 amide bonds. The van der Waals surface area contributed by atoms with Gasteiger partial charge in [-0.15, -0.1) is 0 Å². The van der Waals surface area contributed by atoms with Crippen molar-refractivity contribution >= 4 is 12.1 Å². The molecule has 1 fully saturated rings.